The average Bonchev–Trinajstić information content (AvgIpc) is 3.46. The van der Waals surface area contributed by atoms with E-state index in [1.807, 2.05) is 17.0 Å². The van der Waals surface area contributed by atoms with Gasteiger partial charge in [0.1, 0.15) is 36.2 Å². The molecule has 2 aromatic carbocycles. The summed E-state index contributed by atoms with van der Waals surface area (Å²) < 4.78 is 26.4. The minimum atomic E-state index is -1.28. The Balaban J connectivity index is 0.959. The van der Waals surface area contributed by atoms with Crippen molar-refractivity contribution in [2.75, 3.05) is 62.7 Å². The van der Waals surface area contributed by atoms with E-state index in [0.29, 0.717) is 54.5 Å². The summed E-state index contributed by atoms with van der Waals surface area (Å²) in [4.78, 5) is 35.0. The number of benzene rings is 2. The third kappa shape index (κ3) is 6.69. The second-order valence-electron chi connectivity index (χ2n) is 11.7. The standard InChI is InChI=1S/C31H34FN11O3/c32-25-15-41(16-28-37-31(44)40-39-28)8-7-27(25)46-26-6-1-20(13-21(26)14-33)29-34-19-35-30(38-29)36-22-2-4-23(5-3-22)42-9-11-43(12-10-42)24-17-45-18-24/h1-6,13,19,24-25,27H,7-12,15-18H2,(H,34,35,36,38)(H2,37,39,40,44)/t25-,27-/m0/s1. The third-order valence-corrected chi connectivity index (χ3v) is 8.64. The van der Waals surface area contributed by atoms with Gasteiger partial charge in [0.15, 0.2) is 5.82 Å². The number of likely N-dealkylation sites (tertiary alicyclic amines) is 1. The van der Waals surface area contributed by atoms with Gasteiger partial charge in [-0.25, -0.2) is 24.3 Å². The van der Waals surface area contributed by atoms with Crippen LogP contribution in [0.5, 0.6) is 5.75 Å². The SMILES string of the molecule is N#Cc1cc(-c2ncnc(Nc3ccc(N4CCN(C5COC5)CC4)cc3)n2)ccc1O[C@H]1CCN(Cc2nc(=O)[nH][nH]2)C[C@@H]1F. The van der Waals surface area contributed by atoms with E-state index in [1.165, 1.54) is 12.0 Å². The minimum absolute atomic E-state index is 0.121. The Bertz CT molecular complexity index is 1750. The molecule has 3 aliphatic rings. The lowest BCUT2D eigenvalue weighted by molar-refractivity contribution is -0.0660. The molecule has 14 nitrogen and oxygen atoms in total. The Labute approximate surface area is 264 Å². The highest BCUT2D eigenvalue weighted by atomic mass is 19.1. The van der Waals surface area contributed by atoms with E-state index in [9.17, 15) is 10.1 Å². The summed E-state index contributed by atoms with van der Waals surface area (Å²) >= 11 is 0. The minimum Gasteiger partial charge on any atom is -0.486 e. The Morgan fingerprint density at radius 2 is 1.87 bits per heavy atom. The van der Waals surface area contributed by atoms with Crippen LogP contribution in [0.25, 0.3) is 11.4 Å². The van der Waals surface area contributed by atoms with E-state index >= 15 is 4.39 Å². The van der Waals surface area contributed by atoms with E-state index < -0.39 is 18.0 Å². The summed E-state index contributed by atoms with van der Waals surface area (Å²) in [6, 6.07) is 16.0. The van der Waals surface area contributed by atoms with Gasteiger partial charge in [0.25, 0.3) is 0 Å². The van der Waals surface area contributed by atoms with Crippen molar-refractivity contribution in [3.63, 3.8) is 0 Å². The van der Waals surface area contributed by atoms with Crippen molar-refractivity contribution in [2.45, 2.75) is 31.3 Å². The van der Waals surface area contributed by atoms with Crippen LogP contribution in [-0.2, 0) is 11.3 Å². The molecule has 0 amide bonds. The molecule has 0 spiro atoms. The molecule has 3 aliphatic heterocycles. The number of hydrogen-bond donors (Lipinski definition) is 3. The first-order valence-corrected chi connectivity index (χ1v) is 15.3. The number of aromatic amines is 2. The van der Waals surface area contributed by atoms with Gasteiger partial charge >= 0.3 is 5.69 Å². The number of alkyl halides is 1. The van der Waals surface area contributed by atoms with Crippen molar-refractivity contribution < 1.29 is 13.9 Å². The zero-order chi connectivity index (χ0) is 31.5. The first kappa shape index (κ1) is 29.8. The molecule has 2 atom stereocenters. The number of halogens is 1. The summed E-state index contributed by atoms with van der Waals surface area (Å²) in [6.07, 6.45) is -0.158. The van der Waals surface area contributed by atoms with Crippen LogP contribution in [0.1, 0.15) is 17.8 Å². The van der Waals surface area contributed by atoms with Gasteiger partial charge in [-0.15, -0.1) is 0 Å². The fraction of sp³-hybridized carbons (Fsp3) is 0.419. The largest absolute Gasteiger partial charge is 0.486 e. The monoisotopic (exact) mass is 627 g/mol. The number of piperazine rings is 1. The summed E-state index contributed by atoms with van der Waals surface area (Å²) in [5, 5.41) is 18.2. The summed E-state index contributed by atoms with van der Waals surface area (Å²) in [5.41, 5.74) is 2.42. The molecule has 2 aromatic heterocycles. The van der Waals surface area contributed by atoms with E-state index in [0.717, 1.165) is 45.1 Å². The number of nitrogens with zero attached hydrogens (tertiary/aromatic N) is 8. The molecular formula is C31H34FN11O3. The molecule has 15 heteroatoms. The van der Waals surface area contributed by atoms with E-state index in [4.69, 9.17) is 9.47 Å². The number of anilines is 3. The van der Waals surface area contributed by atoms with Crippen LogP contribution in [0.2, 0.25) is 0 Å². The molecule has 3 N–H and O–H groups in total. The summed E-state index contributed by atoms with van der Waals surface area (Å²) in [6.45, 7) is 6.74. The first-order valence-electron chi connectivity index (χ1n) is 15.3. The second-order valence-corrected chi connectivity index (χ2v) is 11.7. The lowest BCUT2D eigenvalue weighted by Gasteiger charge is -2.43. The van der Waals surface area contributed by atoms with Crippen LogP contribution < -0.4 is 20.6 Å². The van der Waals surface area contributed by atoms with Gasteiger partial charge < -0.3 is 19.7 Å². The van der Waals surface area contributed by atoms with Crippen LogP contribution in [0, 0.1) is 11.3 Å². The van der Waals surface area contributed by atoms with Crippen molar-refractivity contribution in [2.24, 2.45) is 0 Å². The molecule has 0 unspecified atom stereocenters. The maximum atomic E-state index is 15.1. The number of nitrogens with one attached hydrogen (secondary N) is 3. The predicted molar refractivity (Wildman–Crippen MR) is 167 cm³/mol. The van der Waals surface area contributed by atoms with Crippen molar-refractivity contribution in [3.8, 4) is 23.2 Å². The quantitative estimate of drug-likeness (QED) is 0.248. The highest BCUT2D eigenvalue weighted by Gasteiger charge is 2.32. The van der Waals surface area contributed by atoms with Crippen LogP contribution in [0.3, 0.4) is 0 Å². The van der Waals surface area contributed by atoms with Gasteiger partial charge in [-0.2, -0.15) is 15.2 Å². The van der Waals surface area contributed by atoms with Crippen LogP contribution in [-0.4, -0.2) is 111 Å². The molecular weight excluding hydrogens is 593 g/mol. The summed E-state index contributed by atoms with van der Waals surface area (Å²) in [5.74, 6) is 1.52. The van der Waals surface area contributed by atoms with Crippen LogP contribution in [0.15, 0.2) is 53.6 Å². The lowest BCUT2D eigenvalue weighted by atomic mass is 10.0. The number of H-pyrrole nitrogens is 2. The highest BCUT2D eigenvalue weighted by Crippen LogP contribution is 2.29. The molecule has 3 fully saturated rings. The molecule has 5 heterocycles. The Hall–Kier alpha value is -4.91. The van der Waals surface area contributed by atoms with Crippen LogP contribution >= 0.6 is 0 Å². The molecule has 4 aromatic rings. The zero-order valence-electron chi connectivity index (χ0n) is 25.1. The van der Waals surface area contributed by atoms with Crippen molar-refractivity contribution >= 4 is 17.3 Å². The molecule has 0 saturated carbocycles. The van der Waals surface area contributed by atoms with Gasteiger partial charge in [-0.05, 0) is 48.9 Å². The Morgan fingerprint density at radius 1 is 1.04 bits per heavy atom. The fourth-order valence-electron chi connectivity index (χ4n) is 6.00. The van der Waals surface area contributed by atoms with Crippen molar-refractivity contribution in [3.05, 3.63) is 70.7 Å². The molecule has 0 radical (unpaired) electrons. The van der Waals surface area contributed by atoms with E-state index in [-0.39, 0.29) is 12.1 Å². The Kier molecular flexibility index (Phi) is 8.55. The van der Waals surface area contributed by atoms with Gasteiger partial charge in [-0.3, -0.25) is 14.9 Å². The molecule has 3 saturated heterocycles. The number of aromatic nitrogens is 6. The Morgan fingerprint density at radius 3 is 2.57 bits per heavy atom. The fourth-order valence-corrected chi connectivity index (χ4v) is 6.00. The van der Waals surface area contributed by atoms with Crippen molar-refractivity contribution in [1.29, 1.82) is 5.26 Å². The molecule has 0 aliphatic carbocycles. The maximum absolute atomic E-state index is 15.1. The van der Waals surface area contributed by atoms with Gasteiger partial charge in [-0.1, -0.05) is 0 Å². The smallest absolute Gasteiger partial charge is 0.361 e. The average molecular weight is 628 g/mol. The maximum Gasteiger partial charge on any atom is 0.361 e. The molecule has 46 heavy (non-hydrogen) atoms. The third-order valence-electron chi connectivity index (χ3n) is 8.64. The van der Waals surface area contributed by atoms with Crippen molar-refractivity contribution in [1.82, 2.24) is 39.9 Å². The molecule has 238 valence electrons. The summed E-state index contributed by atoms with van der Waals surface area (Å²) in [7, 11) is 0. The highest BCUT2D eigenvalue weighted by molar-refractivity contribution is 5.64. The number of rotatable bonds is 9. The number of nitriles is 1. The number of hydrogen-bond acceptors (Lipinski definition) is 12. The number of piperidine rings is 1. The molecule has 7 rings (SSSR count). The number of ether oxygens (including phenoxy) is 2. The lowest BCUT2D eigenvalue weighted by Crippen LogP contribution is -2.56. The normalized spacial score (nSPS) is 21.0. The van der Waals surface area contributed by atoms with Gasteiger partial charge in [0.05, 0.1) is 31.4 Å². The molecule has 0 bridgehead atoms. The zero-order valence-corrected chi connectivity index (χ0v) is 25.1. The first-order chi connectivity index (χ1) is 22.5. The van der Waals surface area contributed by atoms with E-state index in [2.05, 4.69) is 63.5 Å². The van der Waals surface area contributed by atoms with Gasteiger partial charge in [0.2, 0.25) is 5.95 Å². The van der Waals surface area contributed by atoms with Gasteiger partial charge in [0, 0.05) is 56.2 Å². The van der Waals surface area contributed by atoms with E-state index in [1.54, 1.807) is 18.2 Å². The topological polar surface area (TPSA) is 164 Å². The van der Waals surface area contributed by atoms with Crippen LogP contribution in [0.4, 0.5) is 21.7 Å². The second kappa shape index (κ2) is 13.2. The predicted octanol–water partition coefficient (Wildman–Crippen LogP) is 2.08.